The lowest BCUT2D eigenvalue weighted by Crippen LogP contribution is -2.17. The third-order valence-electron chi connectivity index (χ3n) is 8.25. The quantitative estimate of drug-likeness (QED) is 0.158. The first kappa shape index (κ1) is 37.4. The molecule has 2 atom stereocenters. The van der Waals surface area contributed by atoms with Gasteiger partial charge in [0.2, 0.25) is 0 Å². The number of aryl methyl sites for hydroxylation is 2. The van der Waals surface area contributed by atoms with Crippen LogP contribution >= 0.6 is 0 Å². The van der Waals surface area contributed by atoms with E-state index in [0.717, 1.165) is 48.8 Å². The van der Waals surface area contributed by atoms with E-state index in [1.54, 1.807) is 24.4 Å². The number of nitrogens with two attached hydrogens (primary N) is 2. The maximum atomic E-state index is 12.5. The monoisotopic (exact) mass is 715 g/mol. The van der Waals surface area contributed by atoms with Crippen molar-refractivity contribution in [3.05, 3.63) is 107 Å². The van der Waals surface area contributed by atoms with Gasteiger partial charge in [0.1, 0.15) is 13.2 Å². The number of hydrogen-bond donors (Lipinski definition) is 4. The Bertz CT molecular complexity index is 1890. The number of halogens is 2. The number of nitrogens with zero attached hydrogens (tertiary/aromatic N) is 5. The molecule has 2 aromatic heterocycles. The number of anilines is 2. The van der Waals surface area contributed by atoms with Gasteiger partial charge in [-0.2, -0.15) is 13.9 Å². The van der Waals surface area contributed by atoms with Gasteiger partial charge in [0.15, 0.2) is 5.69 Å². The number of aliphatic imine (C=N–C) groups is 2. The van der Waals surface area contributed by atoms with Gasteiger partial charge in [-0.3, -0.25) is 14.6 Å². The summed E-state index contributed by atoms with van der Waals surface area (Å²) in [5.74, 6) is -0.677. The Kier molecular flexibility index (Phi) is 12.2. The van der Waals surface area contributed by atoms with Crippen LogP contribution in [-0.2, 0) is 27.7 Å². The zero-order chi connectivity index (χ0) is 37.3. The van der Waals surface area contributed by atoms with E-state index in [4.69, 9.17) is 20.9 Å². The predicted molar refractivity (Wildman–Crippen MR) is 195 cm³/mol. The highest BCUT2D eigenvalue weighted by atomic mass is 19.3. The summed E-state index contributed by atoms with van der Waals surface area (Å²) < 4.78 is 35.6. The first-order valence-corrected chi connectivity index (χ1v) is 16.8. The molecule has 6 rings (SSSR count). The zero-order valence-corrected chi connectivity index (χ0v) is 29.3. The molecule has 2 aromatic carbocycles. The number of pyridine rings is 1. The third-order valence-corrected chi connectivity index (χ3v) is 8.25. The van der Waals surface area contributed by atoms with Crippen LogP contribution < -0.4 is 22.1 Å². The van der Waals surface area contributed by atoms with E-state index >= 15 is 0 Å². The molecule has 0 bridgehead atoms. The molecule has 0 aliphatic carbocycles. The first-order valence-electron chi connectivity index (χ1n) is 16.8. The average molecular weight is 716 g/mol. The van der Waals surface area contributed by atoms with Crippen molar-refractivity contribution in [2.45, 2.75) is 70.5 Å². The summed E-state index contributed by atoms with van der Waals surface area (Å²) in [7, 11) is 0. The van der Waals surface area contributed by atoms with E-state index in [1.807, 2.05) is 42.5 Å². The molecule has 0 radical (unpaired) electrons. The fraction of sp³-hybridized carbons (Fsp3) is 0.351. The summed E-state index contributed by atoms with van der Waals surface area (Å²) in [5, 5.41) is 9.09. The molecule has 0 saturated carbocycles. The number of amidine groups is 2. The number of benzene rings is 2. The molecule has 2 amide bonds. The van der Waals surface area contributed by atoms with Crippen LogP contribution in [0.2, 0.25) is 0 Å². The maximum absolute atomic E-state index is 12.5. The summed E-state index contributed by atoms with van der Waals surface area (Å²) in [5.41, 5.74) is 15.9. The van der Waals surface area contributed by atoms with Gasteiger partial charge in [-0.25, -0.2) is 14.7 Å². The first-order chi connectivity index (χ1) is 24.8. The van der Waals surface area contributed by atoms with Gasteiger partial charge in [0, 0.05) is 40.4 Å². The number of hydrogen-bond acceptors (Lipinski definition) is 10. The number of ether oxygens (including phenoxy) is 2. The van der Waals surface area contributed by atoms with Gasteiger partial charge >= 0.3 is 6.55 Å². The van der Waals surface area contributed by atoms with Gasteiger partial charge in [-0.05, 0) is 79.3 Å². The molecule has 6 N–H and O–H groups in total. The Labute approximate surface area is 300 Å². The summed E-state index contributed by atoms with van der Waals surface area (Å²) in [6.45, 7) is 4.52. The van der Waals surface area contributed by atoms with Crippen molar-refractivity contribution in [2.24, 2.45) is 21.5 Å². The average Bonchev–Trinajstić information content (AvgIpc) is 3.89. The molecule has 15 heteroatoms. The number of amides is 2. The second kappa shape index (κ2) is 16.9. The van der Waals surface area contributed by atoms with E-state index in [0.29, 0.717) is 29.1 Å². The molecular formula is C37H43F2N9O4. The van der Waals surface area contributed by atoms with E-state index in [2.05, 4.69) is 51.5 Å². The third kappa shape index (κ3) is 10.8. The largest absolute Gasteiger partial charge is 0.463 e. The van der Waals surface area contributed by atoms with Gasteiger partial charge < -0.3 is 31.6 Å². The van der Waals surface area contributed by atoms with Gasteiger partial charge in [0.05, 0.1) is 12.1 Å². The lowest BCUT2D eigenvalue weighted by Gasteiger charge is -2.18. The van der Waals surface area contributed by atoms with Gasteiger partial charge in [-0.1, -0.05) is 45.0 Å². The van der Waals surface area contributed by atoms with Crippen LogP contribution in [0.5, 0.6) is 0 Å². The van der Waals surface area contributed by atoms with E-state index < -0.39 is 12.5 Å². The molecule has 0 saturated heterocycles. The molecular weight excluding hydrogens is 672 g/mol. The summed E-state index contributed by atoms with van der Waals surface area (Å²) in [6, 6.07) is 20.7. The molecule has 4 aromatic rings. The number of carbonyl (C=O) groups is 2. The fourth-order valence-corrected chi connectivity index (χ4v) is 5.29. The highest BCUT2D eigenvalue weighted by molar-refractivity contribution is 6.04. The molecule has 13 nitrogen and oxygen atoms in total. The van der Waals surface area contributed by atoms with Crippen LogP contribution in [0.4, 0.5) is 20.2 Å². The Balaban J connectivity index is 0.000000202. The Morgan fingerprint density at radius 3 is 1.79 bits per heavy atom. The number of rotatable bonds is 11. The van der Waals surface area contributed by atoms with Crippen molar-refractivity contribution in [1.29, 1.82) is 0 Å². The van der Waals surface area contributed by atoms with Crippen LogP contribution in [0.15, 0.2) is 89.1 Å². The van der Waals surface area contributed by atoms with Crippen LogP contribution in [0, 0.1) is 0 Å². The van der Waals surface area contributed by atoms with Gasteiger partial charge in [-0.15, -0.1) is 0 Å². The van der Waals surface area contributed by atoms with Crippen LogP contribution in [0.25, 0.3) is 0 Å². The smallest absolute Gasteiger partial charge is 0.333 e. The number of carbonyl (C=O) groups excluding carboxylic acids is 2. The normalized spacial score (nSPS) is 16.6. The standard InChI is InChI=1S/C21H26N4O2.C16H17F2N5O2/c1-21(2,3)18-12-15(10-11-23-18)19(26)24-16-7-4-14(5-8-16)6-9-17-13-27-20(22)25-17;17-15(18)23-8-7-13(22-23)14(24)20-11-4-1-10(2-5-11)3-6-12-9-25-16(19)21-12/h4-5,7-8,10-12,17H,6,9,13H2,1-3H3,(H2,22,25)(H,24,26);1-2,4-5,7-8,12,15H,3,6,9H2,(H2,19,21)(H,20,24)/t17-;12-/m00/s1. The topological polar surface area (TPSA) is 184 Å². The van der Waals surface area contributed by atoms with Crippen molar-refractivity contribution in [2.75, 3.05) is 23.8 Å². The van der Waals surface area contributed by atoms with Crippen molar-refractivity contribution >= 4 is 35.2 Å². The van der Waals surface area contributed by atoms with Crippen molar-refractivity contribution in [3.8, 4) is 0 Å². The fourth-order valence-electron chi connectivity index (χ4n) is 5.29. The molecule has 52 heavy (non-hydrogen) atoms. The lowest BCUT2D eigenvalue weighted by molar-refractivity contribution is 0.0561. The van der Waals surface area contributed by atoms with Crippen LogP contribution in [0.1, 0.15) is 77.8 Å². The highest BCUT2D eigenvalue weighted by Gasteiger charge is 2.19. The Hall–Kier alpha value is -5.86. The van der Waals surface area contributed by atoms with Crippen LogP contribution in [0.3, 0.4) is 0 Å². The Morgan fingerprint density at radius 1 is 0.827 bits per heavy atom. The number of aromatic nitrogens is 3. The maximum Gasteiger partial charge on any atom is 0.333 e. The van der Waals surface area contributed by atoms with Crippen LogP contribution in [-0.4, -0.2) is 63.9 Å². The molecule has 2 aliphatic rings. The van der Waals surface area contributed by atoms with Crippen molar-refractivity contribution < 1.29 is 27.8 Å². The highest BCUT2D eigenvalue weighted by Crippen LogP contribution is 2.22. The molecule has 2 aliphatic heterocycles. The van der Waals surface area contributed by atoms with Crippen molar-refractivity contribution in [1.82, 2.24) is 14.8 Å². The van der Waals surface area contributed by atoms with E-state index in [1.165, 1.54) is 11.6 Å². The van der Waals surface area contributed by atoms with E-state index in [9.17, 15) is 18.4 Å². The van der Waals surface area contributed by atoms with Gasteiger partial charge in [0.25, 0.3) is 23.9 Å². The Morgan fingerprint density at radius 2 is 1.35 bits per heavy atom. The summed E-state index contributed by atoms with van der Waals surface area (Å²) >= 11 is 0. The lowest BCUT2D eigenvalue weighted by atomic mass is 9.91. The molecule has 0 spiro atoms. The molecule has 0 unspecified atom stereocenters. The SMILES string of the molecule is CC(C)(C)c1cc(C(=O)Nc2ccc(CC[C@H]3COC(N)=N3)cc2)ccn1.NC1=N[C@@H](CCc2ccc(NC(=O)c3ccn(C(F)F)n3)cc2)CO1. The minimum absolute atomic E-state index is 0.0685. The van der Waals surface area contributed by atoms with E-state index in [-0.39, 0.29) is 41.1 Å². The zero-order valence-electron chi connectivity index (χ0n) is 29.3. The number of nitrogens with one attached hydrogen (secondary N) is 2. The second-order valence-electron chi connectivity index (χ2n) is 13.4. The molecule has 4 heterocycles. The molecule has 274 valence electrons. The predicted octanol–water partition coefficient (Wildman–Crippen LogP) is 5.45. The minimum atomic E-state index is -2.77. The van der Waals surface area contributed by atoms with Crippen molar-refractivity contribution in [3.63, 3.8) is 0 Å². The summed E-state index contributed by atoms with van der Waals surface area (Å²) in [6.07, 6.45) is 6.14. The minimum Gasteiger partial charge on any atom is -0.463 e. The molecule has 0 fully saturated rings. The second-order valence-corrected chi connectivity index (χ2v) is 13.4. The number of alkyl halides is 2. The summed E-state index contributed by atoms with van der Waals surface area (Å²) in [4.78, 5) is 37.3.